The van der Waals surface area contributed by atoms with Gasteiger partial charge in [-0.15, -0.1) is 0 Å². The molecule has 0 saturated heterocycles. The Morgan fingerprint density at radius 3 is 2.75 bits per heavy atom. The molecule has 0 spiro atoms. The Labute approximate surface area is 186 Å². The molecule has 32 heavy (non-hydrogen) atoms. The lowest BCUT2D eigenvalue weighted by molar-refractivity contribution is 0.0748. The number of ketones is 1. The second kappa shape index (κ2) is 9.00. The Kier molecular flexibility index (Phi) is 6.14. The topological polar surface area (TPSA) is 108 Å². The maximum Gasteiger partial charge on any atom is 0.258 e. The van der Waals surface area contributed by atoms with Crippen molar-refractivity contribution in [2.75, 3.05) is 13.2 Å². The maximum atomic E-state index is 13.2. The number of Topliss-reactive ketones (excluding diaryl/α,β-unsaturated/α-hetero) is 1. The first-order chi connectivity index (χ1) is 15.4. The molecule has 0 saturated carbocycles. The molecule has 1 aliphatic heterocycles. The molecule has 1 aromatic heterocycles. The number of H-pyrrole nitrogens is 1. The normalized spacial score (nSPS) is 13.1. The van der Waals surface area contributed by atoms with E-state index in [0.717, 1.165) is 23.4 Å². The Morgan fingerprint density at radius 2 is 2.00 bits per heavy atom. The van der Waals surface area contributed by atoms with E-state index in [0.29, 0.717) is 43.1 Å². The van der Waals surface area contributed by atoms with Crippen molar-refractivity contribution in [3.8, 4) is 11.5 Å². The van der Waals surface area contributed by atoms with Crippen molar-refractivity contribution in [2.24, 2.45) is 0 Å². The number of phenols is 1. The Balaban J connectivity index is 1.50. The van der Waals surface area contributed by atoms with Gasteiger partial charge in [-0.1, -0.05) is 26.8 Å². The van der Waals surface area contributed by atoms with Gasteiger partial charge in [-0.2, -0.15) is 5.10 Å². The van der Waals surface area contributed by atoms with Crippen molar-refractivity contribution in [2.45, 2.75) is 46.3 Å². The van der Waals surface area contributed by atoms with E-state index >= 15 is 0 Å². The average Bonchev–Trinajstić information content (AvgIpc) is 3.38. The minimum absolute atomic E-state index is 0.120. The zero-order valence-corrected chi connectivity index (χ0v) is 18.6. The molecule has 2 heterocycles. The molecule has 3 aromatic rings. The number of carbonyl (C=O) groups excluding carboxylic acids is 2. The standard InChI is InChI=1S/C24H28N4O4/c1-4-21(29)23-18-10-19(22(30)11-20(18)26-27-23)24(31)28-12-15-5-6-17(9-16(15)13-28)32-8-7-25-14(2)3/h5-6,9-11,14,25,30H,4,7-8,12-13H2,1-3H3,(H,26,27). The highest BCUT2D eigenvalue weighted by atomic mass is 16.5. The predicted octanol–water partition coefficient (Wildman–Crippen LogP) is 3.39. The number of aromatic hydroxyl groups is 1. The summed E-state index contributed by atoms with van der Waals surface area (Å²) in [6.07, 6.45) is 0.309. The van der Waals surface area contributed by atoms with Crippen LogP contribution in [-0.4, -0.2) is 51.1 Å². The minimum atomic E-state index is -0.291. The van der Waals surface area contributed by atoms with Crippen molar-refractivity contribution < 1.29 is 19.4 Å². The van der Waals surface area contributed by atoms with E-state index in [1.165, 1.54) is 6.07 Å². The van der Waals surface area contributed by atoms with Crippen molar-refractivity contribution >= 4 is 22.6 Å². The van der Waals surface area contributed by atoms with Gasteiger partial charge in [0.15, 0.2) is 5.78 Å². The molecule has 0 atom stereocenters. The number of nitrogens with one attached hydrogen (secondary N) is 2. The van der Waals surface area contributed by atoms with Crippen LogP contribution in [0.5, 0.6) is 11.5 Å². The molecular formula is C24H28N4O4. The SMILES string of the molecule is CCC(=O)c1n[nH]c2cc(O)c(C(=O)N3Cc4ccc(OCCNC(C)C)cc4C3)cc12. The highest BCUT2D eigenvalue weighted by Crippen LogP contribution is 2.32. The van der Waals surface area contributed by atoms with Crippen LogP contribution in [0.25, 0.3) is 10.9 Å². The molecule has 1 aliphatic rings. The Hall–Kier alpha value is -3.39. The van der Waals surface area contributed by atoms with Crippen LogP contribution in [-0.2, 0) is 13.1 Å². The molecule has 8 nitrogen and oxygen atoms in total. The molecule has 4 rings (SSSR count). The molecule has 8 heteroatoms. The number of rotatable bonds is 8. The fraction of sp³-hybridized carbons (Fsp3) is 0.375. The molecule has 0 aliphatic carbocycles. The number of amides is 1. The van der Waals surface area contributed by atoms with Gasteiger partial charge in [0.1, 0.15) is 23.8 Å². The zero-order valence-electron chi connectivity index (χ0n) is 18.6. The van der Waals surface area contributed by atoms with E-state index in [-0.39, 0.29) is 28.7 Å². The summed E-state index contributed by atoms with van der Waals surface area (Å²) in [5.74, 6) is 0.221. The average molecular weight is 437 g/mol. The summed E-state index contributed by atoms with van der Waals surface area (Å²) >= 11 is 0. The summed E-state index contributed by atoms with van der Waals surface area (Å²) in [6, 6.07) is 9.27. The number of nitrogens with zero attached hydrogens (tertiary/aromatic N) is 2. The number of phenolic OH excluding ortho intramolecular Hbond substituents is 1. The second-order valence-electron chi connectivity index (χ2n) is 8.31. The molecule has 0 unspecified atom stereocenters. The lowest BCUT2D eigenvalue weighted by Gasteiger charge is -2.16. The number of carbonyl (C=O) groups is 2. The van der Waals surface area contributed by atoms with E-state index in [9.17, 15) is 14.7 Å². The largest absolute Gasteiger partial charge is 0.507 e. The van der Waals surface area contributed by atoms with Crippen molar-refractivity contribution in [1.29, 1.82) is 0 Å². The fourth-order valence-electron chi connectivity index (χ4n) is 3.90. The quantitative estimate of drug-likeness (QED) is 0.369. The van der Waals surface area contributed by atoms with Crippen molar-refractivity contribution in [3.63, 3.8) is 0 Å². The number of fused-ring (bicyclic) bond motifs is 2. The van der Waals surface area contributed by atoms with Gasteiger partial charge in [-0.3, -0.25) is 14.7 Å². The summed E-state index contributed by atoms with van der Waals surface area (Å²) < 4.78 is 5.82. The first kappa shape index (κ1) is 21.8. The summed E-state index contributed by atoms with van der Waals surface area (Å²) in [6.45, 7) is 8.15. The molecule has 0 fully saturated rings. The summed E-state index contributed by atoms with van der Waals surface area (Å²) in [5, 5.41) is 21.1. The number of aromatic amines is 1. The lowest BCUT2D eigenvalue weighted by Crippen LogP contribution is -2.27. The third kappa shape index (κ3) is 4.31. The third-order valence-electron chi connectivity index (χ3n) is 5.61. The van der Waals surface area contributed by atoms with E-state index in [1.54, 1.807) is 17.9 Å². The van der Waals surface area contributed by atoms with Crippen LogP contribution < -0.4 is 10.1 Å². The van der Waals surface area contributed by atoms with Gasteiger partial charge in [0, 0.05) is 43.5 Å². The van der Waals surface area contributed by atoms with E-state index in [4.69, 9.17) is 4.74 Å². The predicted molar refractivity (Wildman–Crippen MR) is 121 cm³/mol. The summed E-state index contributed by atoms with van der Waals surface area (Å²) in [7, 11) is 0. The van der Waals surface area contributed by atoms with Gasteiger partial charge in [0.05, 0.1) is 11.1 Å². The number of ether oxygens (including phenoxy) is 1. The third-order valence-corrected chi connectivity index (χ3v) is 5.61. The highest BCUT2D eigenvalue weighted by molar-refractivity contribution is 6.09. The van der Waals surface area contributed by atoms with Gasteiger partial charge in [0.25, 0.3) is 5.91 Å². The van der Waals surface area contributed by atoms with E-state index < -0.39 is 0 Å². The maximum absolute atomic E-state index is 13.2. The second-order valence-corrected chi connectivity index (χ2v) is 8.31. The van der Waals surface area contributed by atoms with Gasteiger partial charge >= 0.3 is 0 Å². The zero-order chi connectivity index (χ0) is 22.8. The van der Waals surface area contributed by atoms with E-state index in [1.807, 2.05) is 18.2 Å². The number of hydrogen-bond donors (Lipinski definition) is 3. The monoisotopic (exact) mass is 436 g/mol. The van der Waals surface area contributed by atoms with Crippen molar-refractivity contribution in [3.05, 3.63) is 52.7 Å². The van der Waals surface area contributed by atoms with Crippen LogP contribution in [0, 0.1) is 0 Å². The number of aromatic nitrogens is 2. The van der Waals surface area contributed by atoms with Crippen LogP contribution in [0.15, 0.2) is 30.3 Å². The first-order valence-electron chi connectivity index (χ1n) is 10.9. The molecule has 168 valence electrons. The first-order valence-corrected chi connectivity index (χ1v) is 10.9. The minimum Gasteiger partial charge on any atom is -0.507 e. The Bertz CT molecular complexity index is 1170. The molecule has 0 bridgehead atoms. The van der Waals surface area contributed by atoms with Crippen LogP contribution in [0.2, 0.25) is 0 Å². The summed E-state index contributed by atoms with van der Waals surface area (Å²) in [5.41, 5.74) is 3.05. The summed E-state index contributed by atoms with van der Waals surface area (Å²) in [4.78, 5) is 27.1. The molecule has 3 N–H and O–H groups in total. The van der Waals surface area contributed by atoms with Crippen LogP contribution >= 0.6 is 0 Å². The van der Waals surface area contributed by atoms with Gasteiger partial charge < -0.3 is 20.1 Å². The molecule has 0 radical (unpaired) electrons. The van der Waals surface area contributed by atoms with Gasteiger partial charge in [-0.05, 0) is 29.3 Å². The Morgan fingerprint density at radius 1 is 1.22 bits per heavy atom. The number of benzene rings is 2. The molecule has 2 aromatic carbocycles. The van der Waals surface area contributed by atoms with Gasteiger partial charge in [-0.25, -0.2) is 0 Å². The molecular weight excluding hydrogens is 408 g/mol. The number of hydrogen-bond acceptors (Lipinski definition) is 6. The lowest BCUT2D eigenvalue weighted by atomic mass is 10.1. The molecule has 1 amide bonds. The highest BCUT2D eigenvalue weighted by Gasteiger charge is 2.27. The van der Waals surface area contributed by atoms with Crippen LogP contribution in [0.3, 0.4) is 0 Å². The smallest absolute Gasteiger partial charge is 0.258 e. The van der Waals surface area contributed by atoms with Crippen LogP contribution in [0.1, 0.15) is 59.2 Å². The van der Waals surface area contributed by atoms with Crippen LogP contribution in [0.4, 0.5) is 0 Å². The van der Waals surface area contributed by atoms with Crippen molar-refractivity contribution in [1.82, 2.24) is 20.4 Å². The fourth-order valence-corrected chi connectivity index (χ4v) is 3.90. The van der Waals surface area contributed by atoms with E-state index in [2.05, 4.69) is 29.4 Å². The van der Waals surface area contributed by atoms with Gasteiger partial charge in [0.2, 0.25) is 0 Å².